The van der Waals surface area contributed by atoms with Gasteiger partial charge in [0.15, 0.2) is 23.4 Å². The molecule has 0 spiro atoms. The van der Waals surface area contributed by atoms with E-state index >= 15 is 0 Å². The molecule has 216 valence electrons. The van der Waals surface area contributed by atoms with Crippen molar-refractivity contribution in [2.75, 3.05) is 13.2 Å². The third-order valence-corrected chi connectivity index (χ3v) is 8.10. The molecule has 7 rings (SSSR count). The van der Waals surface area contributed by atoms with Gasteiger partial charge in [-0.1, -0.05) is 55.5 Å². The van der Waals surface area contributed by atoms with Crippen LogP contribution in [0.15, 0.2) is 89.9 Å². The summed E-state index contributed by atoms with van der Waals surface area (Å²) < 4.78 is 21.4. The molecule has 0 radical (unpaired) electrons. The molecule has 10 heteroatoms. The highest BCUT2D eigenvalue weighted by molar-refractivity contribution is 7.15. The Balaban J connectivity index is 1.22. The van der Waals surface area contributed by atoms with E-state index in [0.29, 0.717) is 39.3 Å². The molecule has 4 heterocycles. The third-order valence-electron chi connectivity index (χ3n) is 7.14. The van der Waals surface area contributed by atoms with Crippen LogP contribution in [0.5, 0.6) is 17.2 Å². The van der Waals surface area contributed by atoms with Gasteiger partial charge in [0.25, 0.3) is 5.56 Å². The van der Waals surface area contributed by atoms with E-state index in [9.17, 15) is 4.79 Å². The first-order valence-electron chi connectivity index (χ1n) is 14.2. The summed E-state index contributed by atoms with van der Waals surface area (Å²) in [6.07, 6.45) is 4.29. The van der Waals surface area contributed by atoms with Gasteiger partial charge in [0, 0.05) is 17.3 Å². The molecule has 1 aliphatic rings. The van der Waals surface area contributed by atoms with E-state index in [1.165, 1.54) is 15.9 Å². The van der Waals surface area contributed by atoms with Crippen molar-refractivity contribution < 1.29 is 14.2 Å². The van der Waals surface area contributed by atoms with E-state index in [-0.39, 0.29) is 12.2 Å². The van der Waals surface area contributed by atoms with E-state index in [0.717, 1.165) is 34.7 Å². The highest BCUT2D eigenvalue weighted by Crippen LogP contribution is 2.35. The molecule has 6 aromatic rings. The number of thiazole rings is 1. The fourth-order valence-corrected chi connectivity index (χ4v) is 5.73. The molecular weight excluding hydrogens is 562 g/mol. The van der Waals surface area contributed by atoms with Gasteiger partial charge < -0.3 is 14.2 Å². The van der Waals surface area contributed by atoms with Crippen LogP contribution in [0.4, 0.5) is 0 Å². The summed E-state index contributed by atoms with van der Waals surface area (Å²) in [4.78, 5) is 18.6. The summed E-state index contributed by atoms with van der Waals surface area (Å²) in [5.74, 6) is 3.13. The quantitative estimate of drug-likeness (QED) is 0.231. The van der Waals surface area contributed by atoms with Crippen molar-refractivity contribution in [1.29, 1.82) is 0 Å². The first kappa shape index (κ1) is 26.9. The largest absolute Gasteiger partial charge is 0.494 e. The van der Waals surface area contributed by atoms with Gasteiger partial charge in [-0.25, -0.2) is 4.68 Å². The van der Waals surface area contributed by atoms with Crippen molar-refractivity contribution in [2.45, 2.75) is 26.4 Å². The van der Waals surface area contributed by atoms with Crippen molar-refractivity contribution in [3.05, 3.63) is 111 Å². The van der Waals surface area contributed by atoms with E-state index < -0.39 is 6.10 Å². The summed E-state index contributed by atoms with van der Waals surface area (Å²) in [5, 5.41) is 9.40. The third kappa shape index (κ3) is 5.49. The van der Waals surface area contributed by atoms with Crippen LogP contribution in [-0.4, -0.2) is 37.6 Å². The SMILES string of the molecule is CC(C)CCOc1ccc(-c2nn(-c3ccccc3)cc2/C=c2\sc3nc(C4COc5ccccc5O4)nn3c2=O)cc1. The maximum atomic E-state index is 13.5. The molecule has 0 amide bonds. The molecule has 1 aliphatic heterocycles. The molecule has 1 unspecified atom stereocenters. The van der Waals surface area contributed by atoms with Crippen molar-refractivity contribution in [3.63, 3.8) is 0 Å². The van der Waals surface area contributed by atoms with Gasteiger partial charge in [-0.05, 0) is 66.9 Å². The van der Waals surface area contributed by atoms with E-state index in [4.69, 9.17) is 19.3 Å². The summed E-state index contributed by atoms with van der Waals surface area (Å²) in [5.41, 5.74) is 3.15. The zero-order valence-corrected chi connectivity index (χ0v) is 24.5. The first-order chi connectivity index (χ1) is 21.0. The molecule has 9 nitrogen and oxygen atoms in total. The molecule has 43 heavy (non-hydrogen) atoms. The Morgan fingerprint density at radius 1 is 1.00 bits per heavy atom. The smallest absolute Gasteiger partial charge is 0.291 e. The van der Waals surface area contributed by atoms with Gasteiger partial charge in [0.1, 0.15) is 18.1 Å². The summed E-state index contributed by atoms with van der Waals surface area (Å²) in [6.45, 7) is 5.31. The second kappa shape index (κ2) is 11.4. The zero-order chi connectivity index (χ0) is 29.3. The highest BCUT2D eigenvalue weighted by Gasteiger charge is 2.27. The Morgan fingerprint density at radius 3 is 2.53 bits per heavy atom. The zero-order valence-electron chi connectivity index (χ0n) is 23.7. The monoisotopic (exact) mass is 591 g/mol. The number of hydrogen-bond acceptors (Lipinski definition) is 8. The van der Waals surface area contributed by atoms with Crippen LogP contribution in [0.25, 0.3) is 28.0 Å². The van der Waals surface area contributed by atoms with E-state index in [1.54, 1.807) is 0 Å². The Labute approximate surface area is 251 Å². The topological polar surface area (TPSA) is 92.8 Å². The second-order valence-electron chi connectivity index (χ2n) is 10.7. The maximum absolute atomic E-state index is 13.5. The van der Waals surface area contributed by atoms with Crippen LogP contribution in [0.2, 0.25) is 0 Å². The molecule has 0 bridgehead atoms. The van der Waals surface area contributed by atoms with Crippen LogP contribution >= 0.6 is 11.3 Å². The fraction of sp³-hybridized carbons (Fsp3) is 0.212. The summed E-state index contributed by atoms with van der Waals surface area (Å²) >= 11 is 1.28. The number of nitrogens with zero attached hydrogens (tertiary/aromatic N) is 5. The maximum Gasteiger partial charge on any atom is 0.291 e. The van der Waals surface area contributed by atoms with Crippen LogP contribution in [-0.2, 0) is 0 Å². The second-order valence-corrected chi connectivity index (χ2v) is 11.7. The van der Waals surface area contributed by atoms with Crippen LogP contribution < -0.4 is 24.3 Å². The van der Waals surface area contributed by atoms with E-state index in [2.05, 4.69) is 23.9 Å². The van der Waals surface area contributed by atoms with Crippen LogP contribution in [0.1, 0.15) is 37.8 Å². The van der Waals surface area contributed by atoms with Crippen LogP contribution in [0, 0.1) is 5.92 Å². The molecule has 0 fully saturated rings. The predicted octanol–water partition coefficient (Wildman–Crippen LogP) is 5.49. The van der Waals surface area contributed by atoms with Gasteiger partial charge in [-0.15, -0.1) is 5.10 Å². The fourth-order valence-electron chi connectivity index (χ4n) is 4.83. The standard InChI is InChI=1S/C33H29N5O4S/c1-21(2)16-17-40-25-14-12-22(13-15-25)30-23(19-37(35-30)24-8-4-3-5-9-24)18-29-32(39)38-33(43-29)34-31(36-38)28-20-41-26-10-6-7-11-27(26)42-28/h3-15,18-19,21,28H,16-17,20H2,1-2H3/b29-18-. The minimum absolute atomic E-state index is 0.247. The normalized spacial score (nSPS) is 15.0. The number of fused-ring (bicyclic) bond motifs is 2. The van der Waals surface area contributed by atoms with Crippen LogP contribution in [0.3, 0.4) is 0 Å². The average molecular weight is 592 g/mol. The molecule has 0 N–H and O–H groups in total. The molecule has 3 aromatic carbocycles. The van der Waals surface area contributed by atoms with E-state index in [1.807, 2.05) is 95.8 Å². The lowest BCUT2D eigenvalue weighted by molar-refractivity contribution is 0.0852. The van der Waals surface area contributed by atoms with Crippen molar-refractivity contribution >= 4 is 22.4 Å². The van der Waals surface area contributed by atoms with Gasteiger partial charge in [-0.3, -0.25) is 4.79 Å². The molecule has 0 aliphatic carbocycles. The molecular formula is C33H29N5O4S. The van der Waals surface area contributed by atoms with Crippen molar-refractivity contribution in [2.24, 2.45) is 5.92 Å². The Morgan fingerprint density at radius 2 is 1.77 bits per heavy atom. The number of rotatable bonds is 8. The molecule has 0 saturated heterocycles. The average Bonchev–Trinajstić information content (AvgIpc) is 3.72. The number of para-hydroxylation sites is 3. The molecule has 1 atom stereocenters. The van der Waals surface area contributed by atoms with Gasteiger partial charge in [0.2, 0.25) is 4.96 Å². The number of aromatic nitrogens is 5. The minimum Gasteiger partial charge on any atom is -0.494 e. The van der Waals surface area contributed by atoms with Gasteiger partial charge in [-0.2, -0.15) is 14.6 Å². The molecule has 3 aromatic heterocycles. The van der Waals surface area contributed by atoms with Gasteiger partial charge >= 0.3 is 0 Å². The summed E-state index contributed by atoms with van der Waals surface area (Å²) in [6, 6.07) is 25.3. The lowest BCUT2D eigenvalue weighted by Crippen LogP contribution is -2.26. The Bertz CT molecular complexity index is 2000. The lowest BCUT2D eigenvalue weighted by atomic mass is 10.1. The Hall–Kier alpha value is -4.96. The minimum atomic E-state index is -0.498. The number of hydrogen-bond donors (Lipinski definition) is 0. The molecule has 0 saturated carbocycles. The Kier molecular flexibility index (Phi) is 7.12. The van der Waals surface area contributed by atoms with Gasteiger partial charge in [0.05, 0.1) is 16.8 Å². The highest BCUT2D eigenvalue weighted by atomic mass is 32.1. The number of ether oxygens (including phenoxy) is 3. The van der Waals surface area contributed by atoms with Crippen molar-refractivity contribution in [1.82, 2.24) is 24.4 Å². The lowest BCUT2D eigenvalue weighted by Gasteiger charge is -2.24. The first-order valence-corrected chi connectivity index (χ1v) is 15.0. The summed E-state index contributed by atoms with van der Waals surface area (Å²) in [7, 11) is 0. The number of benzene rings is 3. The predicted molar refractivity (Wildman–Crippen MR) is 165 cm³/mol. The van der Waals surface area contributed by atoms with Crippen molar-refractivity contribution in [3.8, 4) is 34.2 Å².